The topological polar surface area (TPSA) is 93.4 Å². The van der Waals surface area contributed by atoms with E-state index in [2.05, 4.69) is 4.98 Å². The molecule has 0 saturated heterocycles. The van der Waals surface area contributed by atoms with Crippen molar-refractivity contribution in [2.45, 2.75) is 39.7 Å². The Morgan fingerprint density at radius 3 is 2.48 bits per heavy atom. The summed E-state index contributed by atoms with van der Waals surface area (Å²) in [5, 5.41) is 0. The molecule has 0 aromatic carbocycles. The molecule has 0 saturated carbocycles. The van der Waals surface area contributed by atoms with Crippen molar-refractivity contribution in [3.05, 3.63) is 29.1 Å². The first-order valence-corrected chi connectivity index (χ1v) is 6.92. The van der Waals surface area contributed by atoms with Crippen LogP contribution < -0.4 is 5.73 Å². The number of rotatable bonds is 4. The molecule has 0 fully saturated rings. The van der Waals surface area contributed by atoms with Crippen LogP contribution in [0.4, 0.5) is 0 Å². The Kier molecular flexibility index (Phi) is 3.57. The van der Waals surface area contributed by atoms with Gasteiger partial charge in [0.25, 0.3) is 11.8 Å². The van der Waals surface area contributed by atoms with Crippen LogP contribution >= 0.6 is 0 Å². The summed E-state index contributed by atoms with van der Waals surface area (Å²) in [5.74, 6) is -2.08. The first kappa shape index (κ1) is 15.2. The minimum absolute atomic E-state index is 0.0883. The van der Waals surface area contributed by atoms with E-state index >= 15 is 0 Å². The molecule has 6 heteroatoms. The Labute approximate surface area is 123 Å². The number of carbonyl (C=O) groups excluding carboxylic acids is 3. The maximum atomic E-state index is 12.6. The Morgan fingerprint density at radius 1 is 1.38 bits per heavy atom. The van der Waals surface area contributed by atoms with Crippen molar-refractivity contribution in [2.75, 3.05) is 0 Å². The van der Waals surface area contributed by atoms with Gasteiger partial charge in [-0.25, -0.2) is 4.98 Å². The van der Waals surface area contributed by atoms with Gasteiger partial charge >= 0.3 is 0 Å². The molecule has 0 radical (unpaired) electrons. The lowest BCUT2D eigenvalue weighted by molar-refractivity contribution is -0.129. The highest BCUT2D eigenvalue weighted by Gasteiger charge is 2.52. The molecular weight excluding hydrogens is 270 g/mol. The molecule has 1 unspecified atom stereocenters. The predicted octanol–water partition coefficient (Wildman–Crippen LogP) is 1.14. The molecule has 0 aliphatic carbocycles. The summed E-state index contributed by atoms with van der Waals surface area (Å²) in [7, 11) is 0. The average Bonchev–Trinajstić information content (AvgIpc) is 2.69. The first-order valence-electron chi connectivity index (χ1n) is 6.92. The molecule has 3 amide bonds. The molecule has 1 aromatic heterocycles. The molecule has 1 atom stereocenters. The van der Waals surface area contributed by atoms with Crippen LogP contribution in [0.25, 0.3) is 0 Å². The van der Waals surface area contributed by atoms with E-state index in [1.807, 2.05) is 6.92 Å². The second-order valence-corrected chi connectivity index (χ2v) is 5.71. The second kappa shape index (κ2) is 4.95. The van der Waals surface area contributed by atoms with Gasteiger partial charge in [0, 0.05) is 6.20 Å². The number of nitrogens with zero attached hydrogens (tertiary/aromatic N) is 2. The Bertz CT molecular complexity index is 639. The molecule has 112 valence electrons. The van der Waals surface area contributed by atoms with Crippen molar-refractivity contribution in [1.29, 1.82) is 0 Å². The Balaban J connectivity index is 2.58. The van der Waals surface area contributed by atoms with E-state index in [4.69, 9.17) is 5.73 Å². The van der Waals surface area contributed by atoms with E-state index in [-0.39, 0.29) is 17.2 Å². The number of hydrogen-bond donors (Lipinski definition) is 1. The Hall–Kier alpha value is -2.24. The summed E-state index contributed by atoms with van der Waals surface area (Å²) >= 11 is 0. The summed E-state index contributed by atoms with van der Waals surface area (Å²) in [6.07, 6.45) is 2.28. The zero-order valence-electron chi connectivity index (χ0n) is 12.6. The summed E-state index contributed by atoms with van der Waals surface area (Å²) in [6, 6.07) is 1.66. The summed E-state index contributed by atoms with van der Waals surface area (Å²) in [5.41, 5.74) is 5.28. The van der Waals surface area contributed by atoms with Gasteiger partial charge in [-0.15, -0.1) is 0 Å². The van der Waals surface area contributed by atoms with Crippen LogP contribution in [0.2, 0.25) is 0 Å². The molecule has 0 spiro atoms. The molecule has 1 aliphatic heterocycles. The third kappa shape index (κ3) is 2.02. The van der Waals surface area contributed by atoms with Crippen molar-refractivity contribution in [3.8, 4) is 0 Å². The standard InChI is InChI=1S/C15H19N3O3/c1-5-9-6-10-11(17-7-9)13(20)18(12(10)19)15(4,8(2)3)14(16)21/h6-8H,5H2,1-4H3,(H2,16,21). The van der Waals surface area contributed by atoms with Gasteiger partial charge in [0.2, 0.25) is 5.91 Å². The van der Waals surface area contributed by atoms with Crippen LogP contribution in [0.1, 0.15) is 54.1 Å². The van der Waals surface area contributed by atoms with Gasteiger partial charge in [0.1, 0.15) is 11.2 Å². The molecule has 2 N–H and O–H groups in total. The monoisotopic (exact) mass is 289 g/mol. The van der Waals surface area contributed by atoms with E-state index in [1.54, 1.807) is 26.1 Å². The number of pyridine rings is 1. The number of amides is 3. The smallest absolute Gasteiger partial charge is 0.281 e. The van der Waals surface area contributed by atoms with Crippen LogP contribution in [-0.4, -0.2) is 33.1 Å². The van der Waals surface area contributed by atoms with Crippen LogP contribution in [-0.2, 0) is 11.2 Å². The highest BCUT2D eigenvalue weighted by Crippen LogP contribution is 2.33. The first-order chi connectivity index (χ1) is 9.75. The largest absolute Gasteiger partial charge is 0.368 e. The third-order valence-electron chi connectivity index (χ3n) is 4.28. The van der Waals surface area contributed by atoms with Gasteiger partial charge in [-0.1, -0.05) is 20.8 Å². The molecule has 0 bridgehead atoms. The number of nitrogens with two attached hydrogens (primary N) is 1. The number of aromatic nitrogens is 1. The van der Waals surface area contributed by atoms with Crippen LogP contribution in [0.15, 0.2) is 12.3 Å². The maximum absolute atomic E-state index is 12.6. The fourth-order valence-electron chi connectivity index (χ4n) is 2.43. The zero-order valence-corrected chi connectivity index (χ0v) is 12.6. The highest BCUT2D eigenvalue weighted by atomic mass is 16.2. The number of hydrogen-bond acceptors (Lipinski definition) is 4. The van der Waals surface area contributed by atoms with E-state index < -0.39 is 23.3 Å². The van der Waals surface area contributed by atoms with E-state index in [9.17, 15) is 14.4 Å². The lowest BCUT2D eigenvalue weighted by atomic mass is 9.86. The lowest BCUT2D eigenvalue weighted by Gasteiger charge is -2.37. The fourth-order valence-corrected chi connectivity index (χ4v) is 2.43. The Morgan fingerprint density at radius 2 is 2.00 bits per heavy atom. The molecule has 21 heavy (non-hydrogen) atoms. The number of aryl methyl sites for hydroxylation is 1. The van der Waals surface area contributed by atoms with Gasteiger partial charge in [0.15, 0.2) is 0 Å². The van der Waals surface area contributed by atoms with Gasteiger partial charge in [-0.3, -0.25) is 19.3 Å². The number of primary amides is 1. The van der Waals surface area contributed by atoms with Crippen molar-refractivity contribution in [3.63, 3.8) is 0 Å². The normalized spacial score (nSPS) is 17.1. The van der Waals surface area contributed by atoms with Gasteiger partial charge in [-0.2, -0.15) is 0 Å². The van der Waals surface area contributed by atoms with Gasteiger partial charge in [0.05, 0.1) is 5.56 Å². The molecule has 6 nitrogen and oxygen atoms in total. The van der Waals surface area contributed by atoms with E-state index in [0.717, 1.165) is 10.5 Å². The molecule has 2 heterocycles. The average molecular weight is 289 g/mol. The minimum atomic E-state index is -1.37. The highest BCUT2D eigenvalue weighted by molar-refractivity contribution is 6.22. The SMILES string of the molecule is CCc1cnc2c(c1)C(=O)N(C(C)(C(N)=O)C(C)C)C2=O. The van der Waals surface area contributed by atoms with E-state index in [1.165, 1.54) is 6.92 Å². The number of fused-ring (bicyclic) bond motifs is 1. The third-order valence-corrected chi connectivity index (χ3v) is 4.28. The van der Waals surface area contributed by atoms with Crippen LogP contribution in [0.3, 0.4) is 0 Å². The van der Waals surface area contributed by atoms with Crippen LogP contribution in [0, 0.1) is 5.92 Å². The number of imide groups is 1. The van der Waals surface area contributed by atoms with Crippen molar-refractivity contribution >= 4 is 17.7 Å². The quantitative estimate of drug-likeness (QED) is 0.841. The molecule has 2 rings (SSSR count). The van der Waals surface area contributed by atoms with Crippen molar-refractivity contribution in [1.82, 2.24) is 9.88 Å². The molecule has 1 aliphatic rings. The van der Waals surface area contributed by atoms with Crippen molar-refractivity contribution < 1.29 is 14.4 Å². The fraction of sp³-hybridized carbons (Fsp3) is 0.467. The van der Waals surface area contributed by atoms with E-state index in [0.29, 0.717) is 6.42 Å². The number of carbonyl (C=O) groups is 3. The van der Waals surface area contributed by atoms with Crippen LogP contribution in [0.5, 0.6) is 0 Å². The minimum Gasteiger partial charge on any atom is -0.368 e. The predicted molar refractivity (Wildman–Crippen MR) is 76.6 cm³/mol. The second-order valence-electron chi connectivity index (χ2n) is 5.71. The zero-order chi connectivity index (χ0) is 15.9. The summed E-state index contributed by atoms with van der Waals surface area (Å²) < 4.78 is 0. The molecular formula is C15H19N3O3. The molecule has 1 aromatic rings. The van der Waals surface area contributed by atoms with Gasteiger partial charge in [-0.05, 0) is 30.9 Å². The lowest BCUT2D eigenvalue weighted by Crippen LogP contribution is -2.60. The van der Waals surface area contributed by atoms with Gasteiger partial charge < -0.3 is 5.73 Å². The summed E-state index contributed by atoms with van der Waals surface area (Å²) in [4.78, 5) is 42.0. The maximum Gasteiger partial charge on any atom is 0.281 e. The van der Waals surface area contributed by atoms with Crippen molar-refractivity contribution in [2.24, 2.45) is 11.7 Å². The summed E-state index contributed by atoms with van der Waals surface area (Å²) in [6.45, 7) is 6.95.